The van der Waals surface area contributed by atoms with Crippen LogP contribution in [0.5, 0.6) is 0 Å². The van der Waals surface area contributed by atoms with Crippen molar-refractivity contribution >= 4 is 18.3 Å². The number of nitrogens with zero attached hydrogens (tertiary/aromatic N) is 1. The lowest BCUT2D eigenvalue weighted by atomic mass is 9.82. The Balaban J connectivity index is 0.00000132. The molecule has 0 aromatic rings. The third-order valence-corrected chi connectivity index (χ3v) is 6.45. The molecule has 4 heteroatoms. The maximum atomic E-state index is 12.8. The molecule has 5 atom stereocenters. The predicted octanol–water partition coefficient (Wildman–Crippen LogP) is 2.98. The van der Waals surface area contributed by atoms with Crippen LogP contribution in [-0.2, 0) is 4.79 Å². The number of halogens is 1. The van der Waals surface area contributed by atoms with Gasteiger partial charge in [-0.25, -0.2) is 0 Å². The van der Waals surface area contributed by atoms with E-state index in [1.54, 1.807) is 0 Å². The van der Waals surface area contributed by atoms with Gasteiger partial charge in [0, 0.05) is 19.1 Å². The van der Waals surface area contributed by atoms with Gasteiger partial charge >= 0.3 is 0 Å². The highest BCUT2D eigenvalue weighted by molar-refractivity contribution is 5.85. The molecule has 4 aliphatic rings. The van der Waals surface area contributed by atoms with E-state index in [0.717, 1.165) is 37.3 Å². The minimum absolute atomic E-state index is 0. The highest BCUT2D eigenvalue weighted by Crippen LogP contribution is 2.38. The molecule has 5 unspecified atom stereocenters. The van der Waals surface area contributed by atoms with Gasteiger partial charge in [-0.15, -0.1) is 12.4 Å². The Morgan fingerprint density at radius 3 is 2.05 bits per heavy atom. The molecular weight excluding hydrogens is 284 g/mol. The van der Waals surface area contributed by atoms with Crippen LogP contribution in [0.15, 0.2) is 0 Å². The SMILES string of the molecule is Cl.O=C(C1CC2CCCCC2N1)N1CC2CCCCC2C1. The largest absolute Gasteiger partial charge is 0.341 e. The molecule has 0 aromatic carbocycles. The standard InChI is InChI=1S/C17H28N2O.ClH/c20-17(16-9-12-5-3-4-8-15(12)18-16)19-10-13-6-1-2-7-14(13)11-19;/h12-16,18H,1-11H2;1H. The molecular formula is C17H29ClN2O. The lowest BCUT2D eigenvalue weighted by Gasteiger charge is -2.24. The van der Waals surface area contributed by atoms with Gasteiger partial charge < -0.3 is 10.2 Å². The molecule has 2 saturated carbocycles. The second kappa shape index (κ2) is 6.45. The van der Waals surface area contributed by atoms with Crippen LogP contribution in [-0.4, -0.2) is 36.0 Å². The van der Waals surface area contributed by atoms with Crippen LogP contribution in [0.2, 0.25) is 0 Å². The van der Waals surface area contributed by atoms with Crippen molar-refractivity contribution < 1.29 is 4.79 Å². The van der Waals surface area contributed by atoms with Crippen LogP contribution < -0.4 is 5.32 Å². The molecule has 1 amide bonds. The summed E-state index contributed by atoms with van der Waals surface area (Å²) in [6.07, 6.45) is 11.9. The number of nitrogens with one attached hydrogen (secondary N) is 1. The smallest absolute Gasteiger partial charge is 0.239 e. The zero-order valence-electron chi connectivity index (χ0n) is 12.9. The van der Waals surface area contributed by atoms with E-state index in [9.17, 15) is 4.79 Å². The molecule has 2 heterocycles. The van der Waals surface area contributed by atoms with E-state index in [1.807, 2.05) is 0 Å². The van der Waals surface area contributed by atoms with Crippen molar-refractivity contribution in [3.8, 4) is 0 Å². The van der Waals surface area contributed by atoms with Crippen molar-refractivity contribution in [3.63, 3.8) is 0 Å². The summed E-state index contributed by atoms with van der Waals surface area (Å²) in [6.45, 7) is 2.11. The highest BCUT2D eigenvalue weighted by Gasteiger charge is 2.43. The topological polar surface area (TPSA) is 32.3 Å². The van der Waals surface area contributed by atoms with E-state index in [2.05, 4.69) is 10.2 Å². The Labute approximate surface area is 134 Å². The molecule has 0 aromatic heterocycles. The van der Waals surface area contributed by atoms with Crippen molar-refractivity contribution in [2.24, 2.45) is 17.8 Å². The summed E-state index contributed by atoms with van der Waals surface area (Å²) in [4.78, 5) is 15.0. The number of carbonyl (C=O) groups excluding carboxylic acids is 1. The number of hydrogen-bond acceptors (Lipinski definition) is 2. The number of carbonyl (C=O) groups is 1. The Morgan fingerprint density at radius 2 is 1.43 bits per heavy atom. The molecule has 3 nitrogen and oxygen atoms in total. The fourth-order valence-electron chi connectivity index (χ4n) is 5.32. The van der Waals surface area contributed by atoms with E-state index in [0.29, 0.717) is 11.9 Å². The number of fused-ring (bicyclic) bond motifs is 2. The Morgan fingerprint density at radius 1 is 0.857 bits per heavy atom. The molecule has 120 valence electrons. The number of hydrogen-bond donors (Lipinski definition) is 1. The van der Waals surface area contributed by atoms with Crippen molar-refractivity contribution in [1.29, 1.82) is 0 Å². The molecule has 4 rings (SSSR count). The summed E-state index contributed by atoms with van der Waals surface area (Å²) in [5.74, 6) is 2.84. The summed E-state index contributed by atoms with van der Waals surface area (Å²) >= 11 is 0. The second-order valence-corrected chi connectivity index (χ2v) is 7.65. The van der Waals surface area contributed by atoms with E-state index >= 15 is 0 Å². The third-order valence-electron chi connectivity index (χ3n) is 6.45. The fraction of sp³-hybridized carbons (Fsp3) is 0.941. The maximum absolute atomic E-state index is 12.8. The molecule has 2 aliphatic heterocycles. The van der Waals surface area contributed by atoms with Crippen molar-refractivity contribution in [1.82, 2.24) is 10.2 Å². The minimum atomic E-state index is 0. The van der Waals surface area contributed by atoms with Crippen LogP contribution in [0.25, 0.3) is 0 Å². The van der Waals surface area contributed by atoms with Gasteiger partial charge in [0.15, 0.2) is 0 Å². The highest BCUT2D eigenvalue weighted by atomic mass is 35.5. The summed E-state index contributed by atoms with van der Waals surface area (Å²) in [6, 6.07) is 0.783. The first-order valence-corrected chi connectivity index (χ1v) is 8.86. The second-order valence-electron chi connectivity index (χ2n) is 7.65. The molecule has 2 aliphatic carbocycles. The van der Waals surface area contributed by atoms with Crippen LogP contribution in [0.1, 0.15) is 57.8 Å². The molecule has 0 spiro atoms. The molecule has 4 fully saturated rings. The first-order chi connectivity index (χ1) is 9.81. The lowest BCUT2D eigenvalue weighted by molar-refractivity contribution is -0.132. The maximum Gasteiger partial charge on any atom is 0.239 e. The van der Waals surface area contributed by atoms with Gasteiger partial charge in [0.05, 0.1) is 6.04 Å². The van der Waals surface area contributed by atoms with Crippen molar-refractivity contribution in [3.05, 3.63) is 0 Å². The van der Waals surface area contributed by atoms with E-state index in [1.165, 1.54) is 51.4 Å². The normalized spacial score (nSPS) is 42.1. The van der Waals surface area contributed by atoms with Crippen molar-refractivity contribution in [2.75, 3.05) is 13.1 Å². The lowest BCUT2D eigenvalue weighted by Crippen LogP contribution is -2.44. The van der Waals surface area contributed by atoms with Gasteiger partial charge in [-0.05, 0) is 49.9 Å². The number of likely N-dealkylation sites (tertiary alicyclic amines) is 1. The number of amides is 1. The van der Waals surface area contributed by atoms with Gasteiger partial charge in [0.2, 0.25) is 5.91 Å². The number of rotatable bonds is 1. The monoisotopic (exact) mass is 312 g/mol. The first kappa shape index (κ1) is 15.6. The third kappa shape index (κ3) is 2.96. The molecule has 0 bridgehead atoms. The zero-order valence-corrected chi connectivity index (χ0v) is 13.7. The first-order valence-electron chi connectivity index (χ1n) is 8.86. The van der Waals surface area contributed by atoms with Crippen LogP contribution >= 0.6 is 12.4 Å². The Hall–Kier alpha value is -0.280. The van der Waals surface area contributed by atoms with Gasteiger partial charge in [0.1, 0.15) is 0 Å². The average molecular weight is 313 g/mol. The van der Waals surface area contributed by atoms with Crippen LogP contribution in [0, 0.1) is 17.8 Å². The summed E-state index contributed by atoms with van der Waals surface area (Å²) in [5, 5.41) is 3.66. The predicted molar refractivity (Wildman–Crippen MR) is 86.6 cm³/mol. The molecule has 0 radical (unpaired) electrons. The van der Waals surface area contributed by atoms with E-state index < -0.39 is 0 Å². The summed E-state index contributed by atoms with van der Waals surface area (Å²) in [7, 11) is 0. The van der Waals surface area contributed by atoms with Gasteiger partial charge in [-0.1, -0.05) is 25.7 Å². The minimum Gasteiger partial charge on any atom is -0.341 e. The Kier molecular flexibility index (Phi) is 4.80. The quantitative estimate of drug-likeness (QED) is 0.807. The summed E-state index contributed by atoms with van der Waals surface area (Å²) < 4.78 is 0. The van der Waals surface area contributed by atoms with Crippen molar-refractivity contribution in [2.45, 2.75) is 69.9 Å². The van der Waals surface area contributed by atoms with E-state index in [4.69, 9.17) is 0 Å². The van der Waals surface area contributed by atoms with E-state index in [-0.39, 0.29) is 18.4 Å². The fourth-order valence-corrected chi connectivity index (χ4v) is 5.32. The van der Waals surface area contributed by atoms with Crippen LogP contribution in [0.4, 0.5) is 0 Å². The summed E-state index contributed by atoms with van der Waals surface area (Å²) in [5.41, 5.74) is 0. The van der Waals surface area contributed by atoms with Crippen LogP contribution in [0.3, 0.4) is 0 Å². The molecule has 21 heavy (non-hydrogen) atoms. The molecule has 2 saturated heterocycles. The van der Waals surface area contributed by atoms with Gasteiger partial charge in [0.25, 0.3) is 0 Å². The zero-order chi connectivity index (χ0) is 13.5. The Bertz CT molecular complexity index is 327. The van der Waals surface area contributed by atoms with Gasteiger partial charge in [-0.3, -0.25) is 4.79 Å². The average Bonchev–Trinajstić information content (AvgIpc) is 3.10. The molecule has 1 N–H and O–H groups in total. The van der Waals surface area contributed by atoms with Gasteiger partial charge in [-0.2, -0.15) is 0 Å².